The molecule has 3 aromatic rings. The van der Waals surface area contributed by atoms with Crippen LogP contribution in [-0.2, 0) is 17.8 Å². The summed E-state index contributed by atoms with van der Waals surface area (Å²) in [6.07, 6.45) is 5.55. The molecule has 1 aliphatic heterocycles. The molecule has 0 bridgehead atoms. The van der Waals surface area contributed by atoms with Gasteiger partial charge in [-0.15, -0.1) is 0 Å². The van der Waals surface area contributed by atoms with Gasteiger partial charge >= 0.3 is 0 Å². The molecular weight excluding hydrogens is 306 g/mol. The first kappa shape index (κ1) is 15.0. The molecule has 3 aromatic heterocycles. The summed E-state index contributed by atoms with van der Waals surface area (Å²) in [5.41, 5.74) is 1.43. The number of hydrogen-bond donors (Lipinski definition) is 0. The van der Waals surface area contributed by atoms with Crippen LogP contribution in [0.2, 0.25) is 0 Å². The predicted molar refractivity (Wildman–Crippen MR) is 88.7 cm³/mol. The SMILES string of the molecule is O=c1cc(CN2CCOC(Cn3cccn3)C2)nc2ccccn12. The van der Waals surface area contributed by atoms with Crippen molar-refractivity contribution in [3.05, 3.63) is 65.0 Å². The Morgan fingerprint density at radius 3 is 3.08 bits per heavy atom. The molecule has 1 saturated heterocycles. The topological polar surface area (TPSA) is 64.7 Å². The standard InChI is InChI=1S/C17H19N5O2/c23-17-10-14(19-16-4-1-2-7-22(16)17)11-20-8-9-24-15(12-20)13-21-6-3-5-18-21/h1-7,10,15H,8-9,11-13H2. The van der Waals surface area contributed by atoms with E-state index in [-0.39, 0.29) is 11.7 Å². The minimum absolute atomic E-state index is 0.0445. The molecule has 4 heterocycles. The highest BCUT2D eigenvalue weighted by Gasteiger charge is 2.21. The molecule has 0 radical (unpaired) electrons. The minimum atomic E-state index is -0.0445. The molecular formula is C17H19N5O2. The first-order valence-electron chi connectivity index (χ1n) is 8.07. The van der Waals surface area contributed by atoms with Gasteiger partial charge < -0.3 is 4.74 Å². The average molecular weight is 325 g/mol. The van der Waals surface area contributed by atoms with Gasteiger partial charge in [0.15, 0.2) is 0 Å². The molecule has 124 valence electrons. The molecule has 4 rings (SSSR count). The van der Waals surface area contributed by atoms with Gasteiger partial charge in [-0.25, -0.2) is 4.98 Å². The highest BCUT2D eigenvalue weighted by Crippen LogP contribution is 2.10. The maximum absolute atomic E-state index is 12.2. The summed E-state index contributed by atoms with van der Waals surface area (Å²) < 4.78 is 9.27. The molecule has 0 spiro atoms. The Kier molecular flexibility index (Phi) is 4.10. The van der Waals surface area contributed by atoms with Crippen LogP contribution in [0.5, 0.6) is 0 Å². The van der Waals surface area contributed by atoms with Gasteiger partial charge in [0.1, 0.15) is 5.65 Å². The number of nitrogens with zero attached hydrogens (tertiary/aromatic N) is 5. The number of ether oxygens (including phenoxy) is 1. The second-order valence-electron chi connectivity index (χ2n) is 5.97. The highest BCUT2D eigenvalue weighted by molar-refractivity contribution is 5.37. The number of morpholine rings is 1. The van der Waals surface area contributed by atoms with Crippen molar-refractivity contribution in [2.24, 2.45) is 0 Å². The van der Waals surface area contributed by atoms with Gasteiger partial charge in [0, 0.05) is 44.3 Å². The zero-order valence-corrected chi connectivity index (χ0v) is 13.3. The van der Waals surface area contributed by atoms with Gasteiger partial charge in [0.05, 0.1) is 24.9 Å². The second kappa shape index (κ2) is 6.54. The summed E-state index contributed by atoms with van der Waals surface area (Å²) in [4.78, 5) is 19.1. The van der Waals surface area contributed by atoms with Crippen LogP contribution in [0.4, 0.5) is 0 Å². The lowest BCUT2D eigenvalue weighted by molar-refractivity contribution is -0.0405. The van der Waals surface area contributed by atoms with Crippen LogP contribution >= 0.6 is 0 Å². The van der Waals surface area contributed by atoms with E-state index in [0.717, 1.165) is 25.3 Å². The van der Waals surface area contributed by atoms with Crippen LogP contribution in [-0.4, -0.2) is 49.9 Å². The summed E-state index contributed by atoms with van der Waals surface area (Å²) in [6, 6.07) is 9.10. The number of aromatic nitrogens is 4. The van der Waals surface area contributed by atoms with E-state index in [1.54, 1.807) is 22.9 Å². The van der Waals surface area contributed by atoms with Gasteiger partial charge in [-0.2, -0.15) is 5.10 Å². The summed E-state index contributed by atoms with van der Waals surface area (Å²) in [5, 5.41) is 4.23. The Labute approximate surface area is 139 Å². The van der Waals surface area contributed by atoms with Gasteiger partial charge in [0.25, 0.3) is 5.56 Å². The smallest absolute Gasteiger partial charge is 0.258 e. The summed E-state index contributed by atoms with van der Waals surface area (Å²) in [6.45, 7) is 3.70. The maximum Gasteiger partial charge on any atom is 0.258 e. The maximum atomic E-state index is 12.2. The Hall–Kier alpha value is -2.51. The third-order valence-corrected chi connectivity index (χ3v) is 4.18. The molecule has 0 amide bonds. The van der Waals surface area contributed by atoms with E-state index >= 15 is 0 Å². The number of pyridine rings is 1. The number of hydrogen-bond acceptors (Lipinski definition) is 5. The molecule has 7 nitrogen and oxygen atoms in total. The van der Waals surface area contributed by atoms with Crippen molar-refractivity contribution < 1.29 is 4.74 Å². The van der Waals surface area contributed by atoms with E-state index in [4.69, 9.17) is 4.74 Å². The number of fused-ring (bicyclic) bond motifs is 1. The van der Waals surface area contributed by atoms with Crippen molar-refractivity contribution in [1.82, 2.24) is 24.1 Å². The molecule has 0 N–H and O–H groups in total. The van der Waals surface area contributed by atoms with Gasteiger partial charge in [-0.3, -0.25) is 18.8 Å². The Morgan fingerprint density at radius 2 is 2.21 bits per heavy atom. The van der Waals surface area contributed by atoms with E-state index < -0.39 is 0 Å². The lowest BCUT2D eigenvalue weighted by atomic mass is 10.2. The third kappa shape index (κ3) is 3.22. The second-order valence-corrected chi connectivity index (χ2v) is 5.97. The molecule has 1 fully saturated rings. The fraction of sp³-hybridized carbons (Fsp3) is 0.353. The highest BCUT2D eigenvalue weighted by atomic mass is 16.5. The normalized spacial score (nSPS) is 18.9. The quantitative estimate of drug-likeness (QED) is 0.710. The Balaban J connectivity index is 1.47. The fourth-order valence-electron chi connectivity index (χ4n) is 3.06. The zero-order valence-electron chi connectivity index (χ0n) is 13.3. The summed E-state index contributed by atoms with van der Waals surface area (Å²) in [7, 11) is 0. The number of rotatable bonds is 4. The minimum Gasteiger partial charge on any atom is -0.374 e. The molecule has 0 saturated carbocycles. The lowest BCUT2D eigenvalue weighted by Gasteiger charge is -2.32. The van der Waals surface area contributed by atoms with Crippen LogP contribution in [0.15, 0.2) is 53.7 Å². The fourth-order valence-corrected chi connectivity index (χ4v) is 3.06. The predicted octanol–water partition coefficient (Wildman–Crippen LogP) is 0.792. The van der Waals surface area contributed by atoms with Gasteiger partial charge in [-0.05, 0) is 18.2 Å². The van der Waals surface area contributed by atoms with Gasteiger partial charge in [0.2, 0.25) is 0 Å². The van der Waals surface area contributed by atoms with Crippen LogP contribution in [0.25, 0.3) is 5.65 Å². The van der Waals surface area contributed by atoms with E-state index in [0.29, 0.717) is 18.8 Å². The van der Waals surface area contributed by atoms with Crippen LogP contribution in [0, 0.1) is 0 Å². The molecule has 1 aliphatic rings. The van der Waals surface area contributed by atoms with Crippen LogP contribution in [0.3, 0.4) is 0 Å². The molecule has 0 aliphatic carbocycles. The van der Waals surface area contributed by atoms with E-state index in [2.05, 4.69) is 15.0 Å². The first-order chi connectivity index (χ1) is 11.8. The van der Waals surface area contributed by atoms with E-state index in [1.165, 1.54) is 0 Å². The summed E-state index contributed by atoms with van der Waals surface area (Å²) in [5.74, 6) is 0. The van der Waals surface area contributed by atoms with Crippen molar-refractivity contribution in [2.75, 3.05) is 19.7 Å². The third-order valence-electron chi connectivity index (χ3n) is 4.18. The van der Waals surface area contributed by atoms with Crippen molar-refractivity contribution >= 4 is 5.65 Å². The largest absolute Gasteiger partial charge is 0.374 e. The monoisotopic (exact) mass is 325 g/mol. The molecule has 24 heavy (non-hydrogen) atoms. The van der Waals surface area contributed by atoms with Crippen LogP contribution in [0.1, 0.15) is 5.69 Å². The van der Waals surface area contributed by atoms with E-state index in [9.17, 15) is 4.79 Å². The molecule has 7 heteroatoms. The van der Waals surface area contributed by atoms with Crippen molar-refractivity contribution in [2.45, 2.75) is 19.2 Å². The molecule has 0 aromatic carbocycles. The Bertz CT molecular complexity index is 874. The average Bonchev–Trinajstić information content (AvgIpc) is 3.08. The van der Waals surface area contributed by atoms with Crippen molar-refractivity contribution in [1.29, 1.82) is 0 Å². The van der Waals surface area contributed by atoms with Crippen molar-refractivity contribution in [3.63, 3.8) is 0 Å². The molecule has 1 unspecified atom stereocenters. The van der Waals surface area contributed by atoms with Crippen molar-refractivity contribution in [3.8, 4) is 0 Å². The van der Waals surface area contributed by atoms with Crippen LogP contribution < -0.4 is 5.56 Å². The molecule has 1 atom stereocenters. The first-order valence-corrected chi connectivity index (χ1v) is 8.07. The lowest BCUT2D eigenvalue weighted by Crippen LogP contribution is -2.44. The summed E-state index contributed by atoms with van der Waals surface area (Å²) >= 11 is 0. The van der Waals surface area contributed by atoms with Gasteiger partial charge in [-0.1, -0.05) is 6.07 Å². The zero-order chi connectivity index (χ0) is 16.4. The van der Waals surface area contributed by atoms with E-state index in [1.807, 2.05) is 35.1 Å². The Morgan fingerprint density at radius 1 is 1.25 bits per heavy atom.